The summed E-state index contributed by atoms with van der Waals surface area (Å²) in [5.74, 6) is 1.50. The van der Waals surface area contributed by atoms with E-state index in [1.807, 2.05) is 29.2 Å². The lowest BCUT2D eigenvalue weighted by molar-refractivity contribution is -0.129. The van der Waals surface area contributed by atoms with Gasteiger partial charge in [-0.25, -0.2) is 0 Å². The highest BCUT2D eigenvalue weighted by molar-refractivity contribution is 6.00. The number of allylic oxidation sites excluding steroid dienone is 4. The second kappa shape index (κ2) is 5.51. The molecule has 2 heterocycles. The van der Waals surface area contributed by atoms with E-state index < -0.39 is 0 Å². The zero-order chi connectivity index (χ0) is 16.7. The van der Waals surface area contributed by atoms with Gasteiger partial charge >= 0.3 is 0 Å². The van der Waals surface area contributed by atoms with Crippen molar-refractivity contribution in [1.29, 1.82) is 0 Å². The van der Waals surface area contributed by atoms with Crippen LogP contribution in [0.3, 0.4) is 0 Å². The van der Waals surface area contributed by atoms with Crippen LogP contribution in [0.5, 0.6) is 11.5 Å². The molecule has 1 spiro atoms. The summed E-state index contributed by atoms with van der Waals surface area (Å²) in [6.07, 6.45) is 7.87. The number of hydrogen-bond donors (Lipinski definition) is 0. The summed E-state index contributed by atoms with van der Waals surface area (Å²) in [4.78, 5) is 25.4. The Bertz CT molecular complexity index is 762. The highest BCUT2D eigenvalue weighted by Crippen LogP contribution is 2.44. The van der Waals surface area contributed by atoms with Gasteiger partial charge in [-0.3, -0.25) is 9.59 Å². The minimum Gasteiger partial charge on any atom is -0.486 e. The van der Waals surface area contributed by atoms with Crippen molar-refractivity contribution in [2.45, 2.75) is 25.3 Å². The first-order chi connectivity index (χ1) is 11.6. The number of benzene rings is 1. The molecule has 1 aromatic carbocycles. The van der Waals surface area contributed by atoms with Crippen LogP contribution in [0.2, 0.25) is 0 Å². The van der Waals surface area contributed by atoms with Gasteiger partial charge in [-0.1, -0.05) is 12.2 Å². The Morgan fingerprint density at radius 1 is 1.12 bits per heavy atom. The predicted octanol–water partition coefficient (Wildman–Crippen LogP) is 2.14. The van der Waals surface area contributed by atoms with Crippen molar-refractivity contribution in [2.75, 3.05) is 19.8 Å². The molecule has 2 aliphatic heterocycles. The fourth-order valence-electron chi connectivity index (χ4n) is 3.62. The third-order valence-electron chi connectivity index (χ3n) is 4.96. The van der Waals surface area contributed by atoms with Gasteiger partial charge in [-0.2, -0.15) is 0 Å². The first-order valence-electron chi connectivity index (χ1n) is 8.18. The largest absolute Gasteiger partial charge is 0.486 e. The van der Waals surface area contributed by atoms with Crippen molar-refractivity contribution < 1.29 is 19.1 Å². The molecule has 1 aliphatic carbocycles. The smallest absolute Gasteiger partial charge is 0.219 e. The van der Waals surface area contributed by atoms with Gasteiger partial charge in [0.15, 0.2) is 17.3 Å². The monoisotopic (exact) mass is 325 g/mol. The lowest BCUT2D eigenvalue weighted by Gasteiger charge is -2.31. The van der Waals surface area contributed by atoms with Crippen LogP contribution in [-0.4, -0.2) is 36.3 Å². The Morgan fingerprint density at radius 2 is 1.79 bits per heavy atom. The molecule has 0 saturated heterocycles. The van der Waals surface area contributed by atoms with Gasteiger partial charge < -0.3 is 14.4 Å². The molecule has 0 atom stereocenters. The molecule has 24 heavy (non-hydrogen) atoms. The first kappa shape index (κ1) is 15.0. The van der Waals surface area contributed by atoms with Crippen LogP contribution in [-0.2, 0) is 21.5 Å². The molecular weight excluding hydrogens is 306 g/mol. The first-order valence-corrected chi connectivity index (χ1v) is 8.18. The van der Waals surface area contributed by atoms with E-state index in [4.69, 9.17) is 9.47 Å². The van der Waals surface area contributed by atoms with E-state index in [2.05, 4.69) is 0 Å². The summed E-state index contributed by atoms with van der Waals surface area (Å²) in [5, 5.41) is 0. The molecule has 0 N–H and O–H groups in total. The second-order valence-corrected chi connectivity index (χ2v) is 6.45. The number of hydrogen-bond acceptors (Lipinski definition) is 4. The van der Waals surface area contributed by atoms with Crippen molar-refractivity contribution in [3.8, 4) is 11.5 Å². The maximum atomic E-state index is 12.0. The van der Waals surface area contributed by atoms with Crippen molar-refractivity contribution >= 4 is 11.7 Å². The van der Waals surface area contributed by atoms with E-state index in [9.17, 15) is 9.59 Å². The summed E-state index contributed by atoms with van der Waals surface area (Å²) in [5.41, 5.74) is 1.73. The number of carbonyl (C=O) groups excluding carboxylic acids is 2. The molecule has 5 nitrogen and oxygen atoms in total. The molecule has 0 unspecified atom stereocenters. The van der Waals surface area contributed by atoms with E-state index in [0.29, 0.717) is 26.3 Å². The summed E-state index contributed by atoms with van der Waals surface area (Å²) in [7, 11) is 0. The molecule has 1 aromatic rings. The van der Waals surface area contributed by atoms with E-state index in [1.165, 1.54) is 0 Å². The zero-order valence-electron chi connectivity index (χ0n) is 13.6. The molecule has 0 fully saturated rings. The SMILES string of the molecule is CC(=O)N1CCC2(C=CC(=O)C=C2)c2cc3c(cc2C1)OCCO3. The maximum absolute atomic E-state index is 12.0. The van der Waals surface area contributed by atoms with Crippen LogP contribution in [0.1, 0.15) is 24.5 Å². The molecule has 0 aromatic heterocycles. The molecule has 4 rings (SSSR count). The standard InChI is InChI=1S/C19H19NO4/c1-13(21)20-7-6-19(4-2-15(22)3-5-19)16-11-18-17(10-14(16)12-20)23-8-9-24-18/h2-5,10-11H,6-9,12H2,1H3. The zero-order valence-corrected chi connectivity index (χ0v) is 13.6. The van der Waals surface area contributed by atoms with Gasteiger partial charge in [-0.15, -0.1) is 0 Å². The Morgan fingerprint density at radius 3 is 2.46 bits per heavy atom. The van der Waals surface area contributed by atoms with Gasteiger partial charge in [-0.05, 0) is 41.8 Å². The molecule has 124 valence electrons. The van der Waals surface area contributed by atoms with Crippen LogP contribution in [0, 0.1) is 0 Å². The quantitative estimate of drug-likeness (QED) is 0.733. The second-order valence-electron chi connectivity index (χ2n) is 6.45. The third kappa shape index (κ3) is 2.40. The summed E-state index contributed by atoms with van der Waals surface area (Å²) >= 11 is 0. The van der Waals surface area contributed by atoms with Gasteiger partial charge in [0, 0.05) is 25.4 Å². The van der Waals surface area contributed by atoms with E-state index in [-0.39, 0.29) is 17.1 Å². The molecule has 3 aliphatic rings. The van der Waals surface area contributed by atoms with Crippen LogP contribution < -0.4 is 9.47 Å². The lowest BCUT2D eigenvalue weighted by atomic mass is 9.73. The maximum Gasteiger partial charge on any atom is 0.219 e. The topological polar surface area (TPSA) is 55.8 Å². The minimum atomic E-state index is -0.386. The fourth-order valence-corrected chi connectivity index (χ4v) is 3.62. The van der Waals surface area contributed by atoms with Crippen molar-refractivity contribution in [2.24, 2.45) is 0 Å². The van der Waals surface area contributed by atoms with E-state index in [1.54, 1.807) is 19.1 Å². The Balaban J connectivity index is 1.87. The highest BCUT2D eigenvalue weighted by atomic mass is 16.6. The summed E-state index contributed by atoms with van der Waals surface area (Å²) in [6.45, 7) is 3.83. The average Bonchev–Trinajstić information content (AvgIpc) is 2.73. The van der Waals surface area contributed by atoms with Gasteiger partial charge in [0.25, 0.3) is 0 Å². The number of rotatable bonds is 0. The number of ether oxygens (including phenoxy) is 2. The van der Waals surface area contributed by atoms with Crippen LogP contribution >= 0.6 is 0 Å². The molecule has 5 heteroatoms. The summed E-state index contributed by atoms with van der Waals surface area (Å²) < 4.78 is 11.4. The lowest BCUT2D eigenvalue weighted by Crippen LogP contribution is -2.30. The Hall–Kier alpha value is -2.56. The number of ketones is 1. The normalized spacial score (nSPS) is 20.7. The molecule has 1 amide bonds. The van der Waals surface area contributed by atoms with Crippen LogP contribution in [0.25, 0.3) is 0 Å². The van der Waals surface area contributed by atoms with Crippen LogP contribution in [0.15, 0.2) is 36.4 Å². The van der Waals surface area contributed by atoms with Crippen molar-refractivity contribution in [3.63, 3.8) is 0 Å². The summed E-state index contributed by atoms with van der Waals surface area (Å²) in [6, 6.07) is 3.99. The molecule has 0 radical (unpaired) electrons. The molecule has 0 bridgehead atoms. The van der Waals surface area contributed by atoms with Crippen molar-refractivity contribution in [3.05, 3.63) is 47.6 Å². The Kier molecular flexibility index (Phi) is 3.44. The van der Waals surface area contributed by atoms with E-state index >= 15 is 0 Å². The van der Waals surface area contributed by atoms with E-state index in [0.717, 1.165) is 29.0 Å². The van der Waals surface area contributed by atoms with Gasteiger partial charge in [0.2, 0.25) is 5.91 Å². The minimum absolute atomic E-state index is 0.00705. The fraction of sp³-hybridized carbons (Fsp3) is 0.368. The number of fused-ring (bicyclic) bond motifs is 3. The predicted molar refractivity (Wildman–Crippen MR) is 88.1 cm³/mol. The number of amides is 1. The highest BCUT2D eigenvalue weighted by Gasteiger charge is 2.36. The Labute approximate surface area is 140 Å². The molecular formula is C19H19NO4. The van der Waals surface area contributed by atoms with Crippen LogP contribution in [0.4, 0.5) is 0 Å². The number of nitrogens with zero attached hydrogens (tertiary/aromatic N) is 1. The van der Waals surface area contributed by atoms with Gasteiger partial charge in [0.1, 0.15) is 13.2 Å². The third-order valence-corrected chi connectivity index (χ3v) is 4.96. The number of carbonyl (C=O) groups is 2. The van der Waals surface area contributed by atoms with Crippen molar-refractivity contribution in [1.82, 2.24) is 4.90 Å². The average molecular weight is 325 g/mol. The van der Waals surface area contributed by atoms with Gasteiger partial charge in [0.05, 0.1) is 0 Å². The molecule has 0 saturated carbocycles.